The van der Waals surface area contributed by atoms with Crippen LogP contribution in [0.5, 0.6) is 23.0 Å². The summed E-state index contributed by atoms with van der Waals surface area (Å²) in [6, 6.07) is 20.2. The Kier molecular flexibility index (Phi) is 5.75. The van der Waals surface area contributed by atoms with Gasteiger partial charge in [0.25, 0.3) is 0 Å². The Bertz CT molecular complexity index is 1790. The molecule has 5 N–H and O–H groups in total. The molecule has 0 bridgehead atoms. The van der Waals surface area contributed by atoms with E-state index in [9.17, 15) is 30.3 Å². The minimum Gasteiger partial charge on any atom is -0.508 e. The molecule has 3 atom stereocenters. The van der Waals surface area contributed by atoms with E-state index in [0.717, 1.165) is 28.5 Å². The second-order valence-electron chi connectivity index (χ2n) is 10.3. The Morgan fingerprint density at radius 2 is 1.67 bits per heavy atom. The van der Waals surface area contributed by atoms with Crippen LogP contribution in [0.15, 0.2) is 82.0 Å². The van der Waals surface area contributed by atoms with Crippen LogP contribution in [0.3, 0.4) is 0 Å². The van der Waals surface area contributed by atoms with Crippen molar-refractivity contribution in [2.45, 2.75) is 37.6 Å². The molecule has 0 unspecified atom stereocenters. The quantitative estimate of drug-likeness (QED) is 0.232. The molecule has 8 heteroatoms. The number of phenols is 3. The Hall–Kier alpha value is -4.53. The van der Waals surface area contributed by atoms with E-state index in [0.29, 0.717) is 12.0 Å². The van der Waals surface area contributed by atoms with Crippen LogP contribution in [-0.2, 0) is 12.8 Å². The van der Waals surface area contributed by atoms with Gasteiger partial charge in [0, 0.05) is 36.6 Å². The van der Waals surface area contributed by atoms with Crippen molar-refractivity contribution in [2.75, 3.05) is 0 Å². The van der Waals surface area contributed by atoms with E-state index in [4.69, 9.17) is 9.15 Å². The summed E-state index contributed by atoms with van der Waals surface area (Å²) in [6.07, 6.45) is -1.99. The number of fused-ring (bicyclic) bond motifs is 3. The van der Waals surface area contributed by atoms with Crippen LogP contribution in [0, 0.1) is 0 Å². The first kappa shape index (κ1) is 24.8. The molecule has 1 aromatic heterocycles. The standard InChI is InChI=1S/C31H26O8/c1-31(15-16-6-7-17-4-2-3-5-18(17)8-16)27(35)12-22-24(39-31)14-25-28(30(22)37)23(34)13-26(38-25)29(36)19-9-20(32)11-21(33)10-19/h2-11,13-14,27,29,32-33,35-37H,12,15H2,1H3/t27-,29-,31-/m1/s1. The van der Waals surface area contributed by atoms with Crippen LogP contribution in [0.1, 0.15) is 35.5 Å². The topological polar surface area (TPSA) is 141 Å². The van der Waals surface area contributed by atoms with Crippen LogP contribution in [0.2, 0.25) is 0 Å². The molecule has 0 spiro atoms. The van der Waals surface area contributed by atoms with Crippen LogP contribution in [-0.4, -0.2) is 37.2 Å². The number of aromatic hydroxyl groups is 3. The molecule has 1 aliphatic rings. The lowest BCUT2D eigenvalue weighted by atomic mass is 9.83. The highest BCUT2D eigenvalue weighted by atomic mass is 16.5. The molecular weight excluding hydrogens is 500 g/mol. The number of hydrogen-bond acceptors (Lipinski definition) is 8. The number of aliphatic hydroxyl groups excluding tert-OH is 2. The normalized spacial score (nSPS) is 19.5. The SMILES string of the molecule is C[C@]1(Cc2ccc3ccccc3c2)Oc2cc3oc([C@H](O)c4cc(O)cc(O)c4)cc(=O)c3c(O)c2C[C@H]1O. The van der Waals surface area contributed by atoms with E-state index >= 15 is 0 Å². The highest BCUT2D eigenvalue weighted by Crippen LogP contribution is 2.43. The zero-order valence-corrected chi connectivity index (χ0v) is 21.0. The zero-order chi connectivity index (χ0) is 27.5. The van der Waals surface area contributed by atoms with Crippen molar-refractivity contribution >= 4 is 21.7 Å². The molecule has 1 aliphatic heterocycles. The molecule has 0 fully saturated rings. The van der Waals surface area contributed by atoms with Gasteiger partial charge in [-0.2, -0.15) is 0 Å². The van der Waals surface area contributed by atoms with Gasteiger partial charge >= 0.3 is 0 Å². The molecule has 0 aliphatic carbocycles. The van der Waals surface area contributed by atoms with E-state index in [1.807, 2.05) is 36.4 Å². The Labute approximate surface area is 222 Å². The third-order valence-electron chi connectivity index (χ3n) is 7.40. The number of benzene rings is 4. The molecule has 2 heterocycles. The predicted octanol–water partition coefficient (Wildman–Crippen LogP) is 4.44. The average Bonchev–Trinajstić information content (AvgIpc) is 2.88. The van der Waals surface area contributed by atoms with E-state index < -0.39 is 23.2 Å². The molecule has 6 rings (SSSR count). The van der Waals surface area contributed by atoms with Crippen LogP contribution in [0.4, 0.5) is 0 Å². The molecule has 5 aromatic rings. The molecule has 198 valence electrons. The average molecular weight is 527 g/mol. The Balaban J connectivity index is 1.39. The first-order valence-electron chi connectivity index (χ1n) is 12.5. The maximum atomic E-state index is 13.0. The molecule has 0 saturated heterocycles. The summed E-state index contributed by atoms with van der Waals surface area (Å²) in [5.41, 5.74) is -0.277. The Morgan fingerprint density at radius 3 is 2.41 bits per heavy atom. The smallest absolute Gasteiger partial charge is 0.196 e. The van der Waals surface area contributed by atoms with Crippen molar-refractivity contribution in [1.29, 1.82) is 0 Å². The first-order valence-corrected chi connectivity index (χ1v) is 12.5. The van der Waals surface area contributed by atoms with Gasteiger partial charge in [-0.05, 0) is 41.0 Å². The van der Waals surface area contributed by atoms with Crippen molar-refractivity contribution in [3.05, 3.63) is 105 Å². The van der Waals surface area contributed by atoms with Crippen molar-refractivity contribution in [1.82, 2.24) is 0 Å². The van der Waals surface area contributed by atoms with E-state index in [2.05, 4.69) is 6.07 Å². The lowest BCUT2D eigenvalue weighted by Crippen LogP contribution is -2.50. The third-order valence-corrected chi connectivity index (χ3v) is 7.40. The van der Waals surface area contributed by atoms with E-state index in [-0.39, 0.29) is 51.7 Å². The maximum Gasteiger partial charge on any atom is 0.196 e. The van der Waals surface area contributed by atoms with Gasteiger partial charge in [0.1, 0.15) is 51.4 Å². The highest BCUT2D eigenvalue weighted by Gasteiger charge is 2.42. The third kappa shape index (κ3) is 4.33. The van der Waals surface area contributed by atoms with E-state index in [1.165, 1.54) is 18.2 Å². The molecule has 39 heavy (non-hydrogen) atoms. The number of ether oxygens (including phenoxy) is 1. The van der Waals surface area contributed by atoms with Crippen LogP contribution in [0.25, 0.3) is 21.7 Å². The summed E-state index contributed by atoms with van der Waals surface area (Å²) in [5, 5.41) is 54.5. The second-order valence-corrected chi connectivity index (χ2v) is 10.3. The fraction of sp³-hybridized carbons (Fsp3) is 0.194. The van der Waals surface area contributed by atoms with Gasteiger partial charge in [-0.15, -0.1) is 0 Å². The lowest BCUT2D eigenvalue weighted by Gasteiger charge is -2.40. The summed E-state index contributed by atoms with van der Waals surface area (Å²) in [4.78, 5) is 13.0. The molecule has 0 saturated carbocycles. The van der Waals surface area contributed by atoms with Gasteiger partial charge in [-0.25, -0.2) is 0 Å². The first-order chi connectivity index (χ1) is 18.6. The summed E-state index contributed by atoms with van der Waals surface area (Å²) in [7, 11) is 0. The highest BCUT2D eigenvalue weighted by molar-refractivity contribution is 5.87. The number of aliphatic hydroxyl groups is 2. The zero-order valence-electron chi connectivity index (χ0n) is 21.0. The predicted molar refractivity (Wildman–Crippen MR) is 144 cm³/mol. The second kappa shape index (κ2) is 9.04. The minimum atomic E-state index is -1.47. The van der Waals surface area contributed by atoms with Crippen molar-refractivity contribution < 1.29 is 34.7 Å². The van der Waals surface area contributed by atoms with Crippen LogP contribution >= 0.6 is 0 Å². The number of rotatable bonds is 4. The van der Waals surface area contributed by atoms with Gasteiger partial charge in [0.15, 0.2) is 5.43 Å². The van der Waals surface area contributed by atoms with Gasteiger partial charge < -0.3 is 34.7 Å². The summed E-state index contributed by atoms with van der Waals surface area (Å²) in [5.74, 6) is -0.766. The largest absolute Gasteiger partial charge is 0.508 e. The van der Waals surface area contributed by atoms with Gasteiger partial charge in [0.2, 0.25) is 0 Å². The van der Waals surface area contributed by atoms with Gasteiger partial charge in [0.05, 0.1) is 6.10 Å². The lowest BCUT2D eigenvalue weighted by molar-refractivity contribution is -0.0541. The monoisotopic (exact) mass is 526 g/mol. The van der Waals surface area contributed by atoms with Crippen molar-refractivity contribution in [3.63, 3.8) is 0 Å². The van der Waals surface area contributed by atoms with Crippen molar-refractivity contribution in [3.8, 4) is 23.0 Å². The van der Waals surface area contributed by atoms with E-state index in [1.54, 1.807) is 6.92 Å². The molecule has 0 radical (unpaired) electrons. The van der Waals surface area contributed by atoms with Gasteiger partial charge in [-0.3, -0.25) is 4.79 Å². The summed E-state index contributed by atoms with van der Waals surface area (Å²) >= 11 is 0. The number of hydrogen-bond donors (Lipinski definition) is 5. The number of phenolic OH excluding ortho intramolecular Hbond substituents is 3. The summed E-state index contributed by atoms with van der Waals surface area (Å²) < 4.78 is 12.1. The molecule has 8 nitrogen and oxygen atoms in total. The fourth-order valence-electron chi connectivity index (χ4n) is 5.34. The Morgan fingerprint density at radius 1 is 0.949 bits per heavy atom. The molecule has 4 aromatic carbocycles. The minimum absolute atomic E-state index is 0.0124. The summed E-state index contributed by atoms with van der Waals surface area (Å²) in [6.45, 7) is 1.79. The molecule has 0 amide bonds. The fourth-order valence-corrected chi connectivity index (χ4v) is 5.34. The van der Waals surface area contributed by atoms with Crippen molar-refractivity contribution in [2.24, 2.45) is 0 Å². The maximum absolute atomic E-state index is 13.0. The van der Waals surface area contributed by atoms with Crippen LogP contribution < -0.4 is 10.2 Å². The van der Waals surface area contributed by atoms with Gasteiger partial charge in [-0.1, -0.05) is 42.5 Å². The molecular formula is C31H26O8.